The van der Waals surface area contributed by atoms with Gasteiger partial charge < -0.3 is 0 Å². The van der Waals surface area contributed by atoms with Crippen molar-refractivity contribution in [2.45, 2.75) is 51.9 Å². The summed E-state index contributed by atoms with van der Waals surface area (Å²) < 4.78 is 28.8. The van der Waals surface area contributed by atoms with Gasteiger partial charge in [0.1, 0.15) is 0 Å². The third-order valence-corrected chi connectivity index (χ3v) is 3.90. The van der Waals surface area contributed by atoms with E-state index < -0.39 is 5.92 Å². The van der Waals surface area contributed by atoms with Gasteiger partial charge in [-0.05, 0) is 29.5 Å². The number of halogens is 2. The van der Waals surface area contributed by atoms with Gasteiger partial charge in [0.05, 0.1) is 0 Å². The van der Waals surface area contributed by atoms with E-state index in [1.807, 2.05) is 36.4 Å². The Morgan fingerprint density at radius 2 is 1.09 bits per heavy atom. The quantitative estimate of drug-likeness (QED) is 0.595. The lowest BCUT2D eigenvalue weighted by molar-refractivity contribution is -0.00383. The van der Waals surface area contributed by atoms with Crippen LogP contribution in [0, 0.1) is 0 Å². The van der Waals surface area contributed by atoms with E-state index in [2.05, 4.69) is 13.8 Å². The van der Waals surface area contributed by atoms with Crippen LogP contribution >= 0.6 is 0 Å². The summed E-state index contributed by atoms with van der Waals surface area (Å²) in [6.07, 6.45) is 3.78. The molecule has 0 aliphatic carbocycles. The van der Waals surface area contributed by atoms with Crippen LogP contribution in [0.25, 0.3) is 0 Å². The maximum absolute atomic E-state index is 14.4. The first-order valence-electron chi connectivity index (χ1n) is 8.10. The summed E-state index contributed by atoms with van der Waals surface area (Å²) in [5.41, 5.74) is 3.11. The first-order chi connectivity index (χ1) is 10.5. The van der Waals surface area contributed by atoms with Crippen LogP contribution in [0.3, 0.4) is 0 Å². The number of rotatable bonds is 7. The summed E-state index contributed by atoms with van der Waals surface area (Å²) in [6.45, 7) is 4.20. The second kappa shape index (κ2) is 7.53. The molecule has 22 heavy (non-hydrogen) atoms. The van der Waals surface area contributed by atoms with E-state index in [-0.39, 0.29) is 12.0 Å². The smallest absolute Gasteiger partial charge is 0.201 e. The first-order valence-corrected chi connectivity index (χ1v) is 8.10. The van der Waals surface area contributed by atoms with E-state index in [4.69, 9.17) is 0 Å². The summed E-state index contributed by atoms with van der Waals surface area (Å²) in [7, 11) is 0. The van der Waals surface area contributed by atoms with Crippen molar-refractivity contribution >= 4 is 0 Å². The second-order valence-corrected chi connectivity index (χ2v) is 5.89. The molecule has 2 heteroatoms. The molecule has 0 spiro atoms. The molecule has 0 saturated heterocycles. The normalized spacial score (nSPS) is 11.6. The number of benzene rings is 2. The third kappa shape index (κ3) is 4.40. The highest BCUT2D eigenvalue weighted by atomic mass is 19.3. The average Bonchev–Trinajstić information content (AvgIpc) is 2.50. The molecule has 2 rings (SSSR count). The van der Waals surface area contributed by atoms with E-state index in [1.165, 1.54) is 5.56 Å². The van der Waals surface area contributed by atoms with Crippen LogP contribution in [-0.4, -0.2) is 0 Å². The Morgan fingerprint density at radius 1 is 0.682 bits per heavy atom. The zero-order valence-corrected chi connectivity index (χ0v) is 13.4. The number of hydrogen-bond donors (Lipinski definition) is 0. The van der Waals surface area contributed by atoms with Crippen LogP contribution < -0.4 is 0 Å². The summed E-state index contributed by atoms with van der Waals surface area (Å²) in [5.74, 6) is -2.82. The molecule has 0 aliphatic heterocycles. The van der Waals surface area contributed by atoms with Gasteiger partial charge in [-0.25, -0.2) is 8.78 Å². The van der Waals surface area contributed by atoms with Crippen molar-refractivity contribution < 1.29 is 8.78 Å². The SMILES string of the molecule is CCCc1ccc(CC(F)(F)c2ccc(CCC)cc2)cc1. The van der Waals surface area contributed by atoms with Gasteiger partial charge in [0.25, 0.3) is 5.92 Å². The predicted octanol–water partition coefficient (Wildman–Crippen LogP) is 5.93. The molecule has 0 fully saturated rings. The molecule has 0 bridgehead atoms. The van der Waals surface area contributed by atoms with Gasteiger partial charge in [-0.15, -0.1) is 0 Å². The van der Waals surface area contributed by atoms with Crippen LogP contribution in [0.15, 0.2) is 48.5 Å². The van der Waals surface area contributed by atoms with E-state index in [0.717, 1.165) is 31.2 Å². The zero-order valence-electron chi connectivity index (χ0n) is 13.4. The second-order valence-electron chi connectivity index (χ2n) is 5.89. The molecule has 0 saturated carbocycles. The highest BCUT2D eigenvalue weighted by molar-refractivity contribution is 5.29. The Labute approximate surface area is 132 Å². The van der Waals surface area contributed by atoms with Gasteiger partial charge >= 0.3 is 0 Å². The summed E-state index contributed by atoms with van der Waals surface area (Å²) in [6, 6.07) is 14.3. The minimum Gasteiger partial charge on any atom is -0.201 e. The van der Waals surface area contributed by atoms with Crippen molar-refractivity contribution in [1.82, 2.24) is 0 Å². The fourth-order valence-electron chi connectivity index (χ4n) is 2.67. The van der Waals surface area contributed by atoms with Gasteiger partial charge in [-0.1, -0.05) is 75.2 Å². The largest absolute Gasteiger partial charge is 0.277 e. The Balaban J connectivity index is 2.08. The topological polar surface area (TPSA) is 0 Å². The van der Waals surface area contributed by atoms with E-state index in [0.29, 0.717) is 5.56 Å². The highest BCUT2D eigenvalue weighted by Crippen LogP contribution is 2.32. The van der Waals surface area contributed by atoms with Gasteiger partial charge in [0, 0.05) is 12.0 Å². The van der Waals surface area contributed by atoms with Crippen LogP contribution in [0.4, 0.5) is 8.78 Å². The molecule has 2 aromatic carbocycles. The third-order valence-electron chi connectivity index (χ3n) is 3.90. The van der Waals surface area contributed by atoms with Crippen LogP contribution in [-0.2, 0) is 25.2 Å². The maximum atomic E-state index is 14.4. The fraction of sp³-hybridized carbons (Fsp3) is 0.400. The Kier molecular flexibility index (Phi) is 5.70. The van der Waals surface area contributed by atoms with E-state index in [9.17, 15) is 8.78 Å². The number of hydrogen-bond acceptors (Lipinski definition) is 0. The number of alkyl halides is 2. The Morgan fingerprint density at radius 3 is 1.55 bits per heavy atom. The Hall–Kier alpha value is -1.70. The van der Waals surface area contributed by atoms with Crippen molar-refractivity contribution in [3.8, 4) is 0 Å². The Bertz CT molecular complexity index is 568. The predicted molar refractivity (Wildman–Crippen MR) is 88.5 cm³/mol. The standard InChI is InChI=1S/C20H24F2/c1-3-5-16-7-9-18(10-8-16)15-20(21,22)19-13-11-17(6-4-2)12-14-19/h7-14H,3-6,15H2,1-2H3. The molecule has 0 aliphatic rings. The van der Waals surface area contributed by atoms with Crippen LogP contribution in [0.2, 0.25) is 0 Å². The molecule has 0 unspecified atom stereocenters. The molecule has 0 N–H and O–H groups in total. The molecular formula is C20H24F2. The molecule has 0 amide bonds. The molecule has 118 valence electrons. The van der Waals surface area contributed by atoms with Crippen molar-refractivity contribution in [3.05, 3.63) is 70.8 Å². The molecule has 0 heterocycles. The molecule has 2 aromatic rings. The van der Waals surface area contributed by atoms with Crippen LogP contribution in [0.1, 0.15) is 48.9 Å². The van der Waals surface area contributed by atoms with Crippen molar-refractivity contribution in [2.24, 2.45) is 0 Å². The lowest BCUT2D eigenvalue weighted by Gasteiger charge is -2.17. The minimum absolute atomic E-state index is 0.102. The summed E-state index contributed by atoms with van der Waals surface area (Å²) in [4.78, 5) is 0. The van der Waals surface area contributed by atoms with Gasteiger partial charge in [-0.3, -0.25) is 0 Å². The van der Waals surface area contributed by atoms with Gasteiger partial charge in [-0.2, -0.15) is 0 Å². The molecule has 0 radical (unpaired) electrons. The maximum Gasteiger partial charge on any atom is 0.277 e. The number of aryl methyl sites for hydroxylation is 2. The lowest BCUT2D eigenvalue weighted by atomic mass is 9.97. The van der Waals surface area contributed by atoms with Gasteiger partial charge in [0.2, 0.25) is 0 Å². The minimum atomic E-state index is -2.82. The summed E-state index contributed by atoms with van der Waals surface area (Å²) in [5, 5.41) is 0. The van der Waals surface area contributed by atoms with Crippen LogP contribution in [0.5, 0.6) is 0 Å². The first kappa shape index (κ1) is 16.7. The lowest BCUT2D eigenvalue weighted by Crippen LogP contribution is -2.17. The zero-order chi connectivity index (χ0) is 16.0. The molecule has 0 atom stereocenters. The van der Waals surface area contributed by atoms with Gasteiger partial charge in [0.15, 0.2) is 0 Å². The molecule has 0 nitrogen and oxygen atoms in total. The molecule has 0 aromatic heterocycles. The molecular weight excluding hydrogens is 278 g/mol. The van der Waals surface area contributed by atoms with E-state index >= 15 is 0 Å². The van der Waals surface area contributed by atoms with Crippen molar-refractivity contribution in [1.29, 1.82) is 0 Å². The van der Waals surface area contributed by atoms with E-state index in [1.54, 1.807) is 12.1 Å². The van der Waals surface area contributed by atoms with Crippen molar-refractivity contribution in [2.75, 3.05) is 0 Å². The van der Waals surface area contributed by atoms with Crippen molar-refractivity contribution in [3.63, 3.8) is 0 Å². The summed E-state index contributed by atoms with van der Waals surface area (Å²) >= 11 is 0. The monoisotopic (exact) mass is 302 g/mol. The fourth-order valence-corrected chi connectivity index (χ4v) is 2.67. The highest BCUT2D eigenvalue weighted by Gasteiger charge is 2.31. The average molecular weight is 302 g/mol.